The van der Waals surface area contributed by atoms with E-state index in [4.69, 9.17) is 0 Å². The molecular formula is C7H14Cl2O2. The van der Waals surface area contributed by atoms with Gasteiger partial charge in [0.05, 0.1) is 13.0 Å². The van der Waals surface area contributed by atoms with Crippen LogP contribution in [-0.2, 0) is 9.53 Å². The molecule has 1 aliphatic rings. The smallest absolute Gasteiger partial charge is 0.308 e. The second-order valence-corrected chi connectivity index (χ2v) is 2.50. The van der Waals surface area contributed by atoms with Crippen LogP contribution in [0.3, 0.4) is 0 Å². The molecule has 0 radical (unpaired) electrons. The fraction of sp³-hybridized carbons (Fsp3) is 0.857. The van der Waals surface area contributed by atoms with Crippen LogP contribution in [-0.4, -0.2) is 13.1 Å². The van der Waals surface area contributed by atoms with Crippen LogP contribution in [0.25, 0.3) is 0 Å². The molecule has 0 amide bonds. The molecule has 1 saturated carbocycles. The van der Waals surface area contributed by atoms with Crippen molar-refractivity contribution in [3.05, 3.63) is 0 Å². The molecule has 0 unspecified atom stereocenters. The van der Waals surface area contributed by atoms with Crippen molar-refractivity contribution in [2.45, 2.75) is 25.7 Å². The minimum atomic E-state index is -0.0208. The van der Waals surface area contributed by atoms with Crippen molar-refractivity contribution in [3.63, 3.8) is 0 Å². The quantitative estimate of drug-likeness (QED) is 0.608. The molecule has 4 heteroatoms. The van der Waals surface area contributed by atoms with Crippen molar-refractivity contribution in [2.75, 3.05) is 7.11 Å². The predicted octanol–water partition coefficient (Wildman–Crippen LogP) is 2.19. The molecule has 68 valence electrons. The Bertz CT molecular complexity index is 111. The highest BCUT2D eigenvalue weighted by molar-refractivity contribution is 5.85. The van der Waals surface area contributed by atoms with Gasteiger partial charge in [-0.2, -0.15) is 0 Å². The Labute approximate surface area is 79.5 Å². The van der Waals surface area contributed by atoms with E-state index in [0.29, 0.717) is 0 Å². The van der Waals surface area contributed by atoms with Crippen molar-refractivity contribution < 1.29 is 9.53 Å². The molecule has 1 aliphatic carbocycles. The van der Waals surface area contributed by atoms with Crippen molar-refractivity contribution >= 4 is 30.8 Å². The molecule has 0 aromatic carbocycles. The van der Waals surface area contributed by atoms with E-state index >= 15 is 0 Å². The Balaban J connectivity index is 0. The molecule has 0 N–H and O–H groups in total. The Hall–Kier alpha value is 0.0500. The van der Waals surface area contributed by atoms with Crippen molar-refractivity contribution in [3.8, 4) is 0 Å². The van der Waals surface area contributed by atoms with Gasteiger partial charge in [0, 0.05) is 0 Å². The molecule has 0 saturated heterocycles. The Morgan fingerprint density at radius 3 is 2.09 bits per heavy atom. The predicted molar refractivity (Wildman–Crippen MR) is 48.5 cm³/mol. The first-order valence-electron chi connectivity index (χ1n) is 3.42. The first-order chi connectivity index (χ1) is 4.34. The van der Waals surface area contributed by atoms with E-state index in [1.165, 1.54) is 20.0 Å². The summed E-state index contributed by atoms with van der Waals surface area (Å²) in [6, 6.07) is 0. The zero-order chi connectivity index (χ0) is 6.69. The number of methoxy groups -OCH3 is 1. The summed E-state index contributed by atoms with van der Waals surface area (Å²) in [6.07, 6.45) is 4.46. The summed E-state index contributed by atoms with van der Waals surface area (Å²) in [4.78, 5) is 10.8. The van der Waals surface area contributed by atoms with Gasteiger partial charge in [-0.25, -0.2) is 0 Å². The van der Waals surface area contributed by atoms with Crippen LogP contribution >= 0.6 is 24.8 Å². The van der Waals surface area contributed by atoms with Gasteiger partial charge in [-0.1, -0.05) is 12.8 Å². The van der Waals surface area contributed by atoms with Gasteiger partial charge in [0.2, 0.25) is 0 Å². The van der Waals surface area contributed by atoms with Gasteiger partial charge in [0.25, 0.3) is 0 Å². The third-order valence-corrected chi connectivity index (χ3v) is 1.89. The number of esters is 1. The highest BCUT2D eigenvalue weighted by Crippen LogP contribution is 2.25. The molecular weight excluding hydrogens is 187 g/mol. The second-order valence-electron chi connectivity index (χ2n) is 2.50. The number of ether oxygens (including phenoxy) is 1. The summed E-state index contributed by atoms with van der Waals surface area (Å²) in [5.41, 5.74) is 0. The largest absolute Gasteiger partial charge is 0.469 e. The van der Waals surface area contributed by atoms with E-state index < -0.39 is 0 Å². The second kappa shape index (κ2) is 6.74. The number of carbonyl (C=O) groups excluding carboxylic acids is 1. The van der Waals surface area contributed by atoms with Crippen molar-refractivity contribution in [1.29, 1.82) is 0 Å². The average Bonchev–Trinajstić information content (AvgIpc) is 2.37. The van der Waals surface area contributed by atoms with Crippen molar-refractivity contribution in [1.82, 2.24) is 0 Å². The van der Waals surface area contributed by atoms with Crippen molar-refractivity contribution in [2.24, 2.45) is 5.92 Å². The number of hydrogen-bond acceptors (Lipinski definition) is 2. The Morgan fingerprint density at radius 1 is 1.27 bits per heavy atom. The van der Waals surface area contributed by atoms with Gasteiger partial charge in [0.15, 0.2) is 0 Å². The lowest BCUT2D eigenvalue weighted by Gasteiger charge is -2.03. The standard InChI is InChI=1S/C7H12O2.2ClH/c1-9-7(8)6-4-2-3-5-6;;/h6H,2-5H2,1H3;2*1H. The molecule has 0 aromatic rings. The monoisotopic (exact) mass is 200 g/mol. The minimum Gasteiger partial charge on any atom is -0.469 e. The molecule has 0 aliphatic heterocycles. The number of carbonyl (C=O) groups is 1. The number of rotatable bonds is 1. The summed E-state index contributed by atoms with van der Waals surface area (Å²) in [6.45, 7) is 0. The first kappa shape index (κ1) is 13.6. The Kier molecular flexibility index (Phi) is 8.35. The molecule has 0 heterocycles. The van der Waals surface area contributed by atoms with E-state index in [1.807, 2.05) is 0 Å². The number of hydrogen-bond donors (Lipinski definition) is 0. The molecule has 11 heavy (non-hydrogen) atoms. The summed E-state index contributed by atoms with van der Waals surface area (Å²) in [5, 5.41) is 0. The molecule has 0 spiro atoms. The zero-order valence-electron chi connectivity index (χ0n) is 6.54. The lowest BCUT2D eigenvalue weighted by atomic mass is 10.1. The Morgan fingerprint density at radius 2 is 1.73 bits per heavy atom. The van der Waals surface area contributed by atoms with Crippen LogP contribution in [0.4, 0.5) is 0 Å². The van der Waals surface area contributed by atoms with Gasteiger partial charge in [-0.15, -0.1) is 24.8 Å². The van der Waals surface area contributed by atoms with Gasteiger partial charge >= 0.3 is 5.97 Å². The molecule has 0 aromatic heterocycles. The lowest BCUT2D eigenvalue weighted by molar-refractivity contribution is -0.145. The van der Waals surface area contributed by atoms with Gasteiger partial charge in [-0.3, -0.25) is 4.79 Å². The average molecular weight is 201 g/mol. The normalized spacial score (nSPS) is 16.5. The lowest BCUT2D eigenvalue weighted by Crippen LogP contribution is -2.11. The van der Waals surface area contributed by atoms with Crippen LogP contribution in [0, 0.1) is 5.92 Å². The van der Waals surface area contributed by atoms with Crippen LogP contribution < -0.4 is 0 Å². The van der Waals surface area contributed by atoms with Gasteiger partial charge in [0.1, 0.15) is 0 Å². The highest BCUT2D eigenvalue weighted by atomic mass is 35.5. The number of halogens is 2. The van der Waals surface area contributed by atoms with Crippen LogP contribution in [0.1, 0.15) is 25.7 Å². The van der Waals surface area contributed by atoms with Gasteiger partial charge in [-0.05, 0) is 12.8 Å². The third-order valence-electron chi connectivity index (χ3n) is 1.89. The topological polar surface area (TPSA) is 26.3 Å². The first-order valence-corrected chi connectivity index (χ1v) is 3.42. The summed E-state index contributed by atoms with van der Waals surface area (Å²) < 4.78 is 4.60. The van der Waals surface area contributed by atoms with Gasteiger partial charge < -0.3 is 4.74 Å². The molecule has 2 nitrogen and oxygen atoms in total. The fourth-order valence-electron chi connectivity index (χ4n) is 1.33. The molecule has 0 atom stereocenters. The highest BCUT2D eigenvalue weighted by Gasteiger charge is 2.22. The summed E-state index contributed by atoms with van der Waals surface area (Å²) >= 11 is 0. The van der Waals surface area contributed by atoms with E-state index in [9.17, 15) is 4.79 Å². The van der Waals surface area contributed by atoms with Crippen LogP contribution in [0.15, 0.2) is 0 Å². The maximum absolute atomic E-state index is 10.8. The molecule has 1 rings (SSSR count). The van der Waals surface area contributed by atoms with E-state index in [0.717, 1.165) is 12.8 Å². The van der Waals surface area contributed by atoms with E-state index in [-0.39, 0.29) is 36.7 Å². The summed E-state index contributed by atoms with van der Waals surface area (Å²) in [5.74, 6) is 0.197. The third kappa shape index (κ3) is 3.82. The van der Waals surface area contributed by atoms with Crippen LogP contribution in [0.5, 0.6) is 0 Å². The summed E-state index contributed by atoms with van der Waals surface area (Å²) in [7, 11) is 1.46. The maximum atomic E-state index is 10.8. The van der Waals surface area contributed by atoms with Crippen LogP contribution in [0.2, 0.25) is 0 Å². The fourth-order valence-corrected chi connectivity index (χ4v) is 1.33. The SMILES string of the molecule is COC(=O)C1CCCC1.Cl.Cl. The zero-order valence-corrected chi connectivity index (χ0v) is 8.17. The van der Waals surface area contributed by atoms with E-state index in [1.54, 1.807) is 0 Å². The minimum absolute atomic E-state index is 0. The van der Waals surface area contributed by atoms with E-state index in [2.05, 4.69) is 4.74 Å². The maximum Gasteiger partial charge on any atom is 0.308 e. The molecule has 0 bridgehead atoms. The molecule has 1 fully saturated rings.